The van der Waals surface area contributed by atoms with Crippen LogP contribution in [0.25, 0.3) is 0 Å². The minimum Gasteiger partial charge on any atom is -0.345 e. The lowest BCUT2D eigenvalue weighted by atomic mass is 10.1. The SMILES string of the molecule is Cc1ccc(C(=S)Nc2cccnc2)cc1. The molecule has 0 saturated carbocycles. The summed E-state index contributed by atoms with van der Waals surface area (Å²) in [6.45, 7) is 2.06. The predicted molar refractivity (Wildman–Crippen MR) is 70.7 cm³/mol. The molecule has 0 aliphatic rings. The molecule has 0 bridgehead atoms. The summed E-state index contributed by atoms with van der Waals surface area (Å²) in [5, 5.41) is 3.15. The maximum Gasteiger partial charge on any atom is 0.111 e. The van der Waals surface area contributed by atoms with Crippen LogP contribution in [0.4, 0.5) is 5.69 Å². The zero-order valence-corrected chi connectivity index (χ0v) is 9.79. The maximum atomic E-state index is 5.31. The molecule has 3 heteroatoms. The third-order valence-electron chi connectivity index (χ3n) is 2.23. The highest BCUT2D eigenvalue weighted by Gasteiger charge is 2.00. The molecule has 1 aromatic heterocycles. The number of aryl methyl sites for hydroxylation is 1. The molecule has 2 nitrogen and oxygen atoms in total. The van der Waals surface area contributed by atoms with Gasteiger partial charge in [-0.05, 0) is 19.1 Å². The molecule has 2 rings (SSSR count). The molecular formula is C13H12N2S. The van der Waals surface area contributed by atoms with E-state index in [2.05, 4.69) is 17.2 Å². The maximum absolute atomic E-state index is 5.31. The van der Waals surface area contributed by atoms with Gasteiger partial charge in [0.15, 0.2) is 0 Å². The Hall–Kier alpha value is -1.74. The Morgan fingerprint density at radius 2 is 1.94 bits per heavy atom. The molecule has 0 saturated heterocycles. The topological polar surface area (TPSA) is 24.9 Å². The van der Waals surface area contributed by atoms with Crippen LogP contribution < -0.4 is 5.32 Å². The molecule has 0 radical (unpaired) electrons. The largest absolute Gasteiger partial charge is 0.345 e. The minimum absolute atomic E-state index is 0.716. The smallest absolute Gasteiger partial charge is 0.111 e. The predicted octanol–water partition coefficient (Wildman–Crippen LogP) is 3.18. The second-order valence-electron chi connectivity index (χ2n) is 3.56. The van der Waals surface area contributed by atoms with Gasteiger partial charge in [0.25, 0.3) is 0 Å². The van der Waals surface area contributed by atoms with E-state index in [0.29, 0.717) is 4.99 Å². The number of thiocarbonyl (C=S) groups is 1. The van der Waals surface area contributed by atoms with E-state index in [1.54, 1.807) is 12.4 Å². The third kappa shape index (κ3) is 2.64. The van der Waals surface area contributed by atoms with Crippen LogP contribution in [-0.2, 0) is 0 Å². The molecule has 2 aromatic rings. The van der Waals surface area contributed by atoms with Gasteiger partial charge < -0.3 is 5.32 Å². The average molecular weight is 228 g/mol. The van der Waals surface area contributed by atoms with E-state index in [1.165, 1.54) is 5.56 Å². The number of pyridine rings is 1. The highest BCUT2D eigenvalue weighted by Crippen LogP contribution is 2.09. The Morgan fingerprint density at radius 1 is 1.19 bits per heavy atom. The van der Waals surface area contributed by atoms with Gasteiger partial charge >= 0.3 is 0 Å². The fourth-order valence-corrected chi connectivity index (χ4v) is 1.60. The second kappa shape index (κ2) is 4.86. The number of hydrogen-bond donors (Lipinski definition) is 1. The van der Waals surface area contributed by atoms with Crippen molar-refractivity contribution in [3.63, 3.8) is 0 Å². The lowest BCUT2D eigenvalue weighted by Crippen LogP contribution is -2.10. The van der Waals surface area contributed by atoms with E-state index in [0.717, 1.165) is 11.3 Å². The van der Waals surface area contributed by atoms with Crippen molar-refractivity contribution in [2.75, 3.05) is 5.32 Å². The molecule has 1 aromatic carbocycles. The monoisotopic (exact) mass is 228 g/mol. The molecule has 0 spiro atoms. The van der Waals surface area contributed by atoms with Crippen LogP contribution in [0.1, 0.15) is 11.1 Å². The summed E-state index contributed by atoms with van der Waals surface area (Å²) in [7, 11) is 0. The quantitative estimate of drug-likeness (QED) is 0.799. The number of benzene rings is 1. The summed E-state index contributed by atoms with van der Waals surface area (Å²) >= 11 is 5.31. The Bertz CT molecular complexity index is 477. The van der Waals surface area contributed by atoms with Crippen LogP contribution in [0.5, 0.6) is 0 Å². The molecular weight excluding hydrogens is 216 g/mol. The van der Waals surface area contributed by atoms with E-state index >= 15 is 0 Å². The molecule has 0 amide bonds. The number of rotatable bonds is 2. The zero-order chi connectivity index (χ0) is 11.4. The van der Waals surface area contributed by atoms with Gasteiger partial charge in [-0.2, -0.15) is 0 Å². The second-order valence-corrected chi connectivity index (χ2v) is 3.97. The number of nitrogens with one attached hydrogen (secondary N) is 1. The number of anilines is 1. The minimum atomic E-state index is 0.716. The van der Waals surface area contributed by atoms with E-state index in [1.807, 2.05) is 36.4 Å². The molecule has 0 unspecified atom stereocenters. The van der Waals surface area contributed by atoms with Crippen molar-refractivity contribution in [2.24, 2.45) is 0 Å². The Labute approximate surface area is 100 Å². The summed E-state index contributed by atoms with van der Waals surface area (Å²) in [4.78, 5) is 4.74. The van der Waals surface area contributed by atoms with Gasteiger partial charge in [-0.3, -0.25) is 4.98 Å². The van der Waals surface area contributed by atoms with E-state index < -0.39 is 0 Å². The van der Waals surface area contributed by atoms with Gasteiger partial charge in [0.1, 0.15) is 4.99 Å². The van der Waals surface area contributed by atoms with Crippen molar-refractivity contribution in [1.29, 1.82) is 0 Å². The van der Waals surface area contributed by atoms with E-state index in [4.69, 9.17) is 12.2 Å². The van der Waals surface area contributed by atoms with Crippen LogP contribution in [-0.4, -0.2) is 9.97 Å². The molecule has 0 atom stereocenters. The first-order valence-corrected chi connectivity index (χ1v) is 5.44. The highest BCUT2D eigenvalue weighted by atomic mass is 32.1. The van der Waals surface area contributed by atoms with Crippen molar-refractivity contribution >= 4 is 22.9 Å². The van der Waals surface area contributed by atoms with Gasteiger partial charge in [0, 0.05) is 11.8 Å². The van der Waals surface area contributed by atoms with Crippen LogP contribution in [0.2, 0.25) is 0 Å². The van der Waals surface area contributed by atoms with Gasteiger partial charge in [-0.25, -0.2) is 0 Å². The molecule has 80 valence electrons. The van der Waals surface area contributed by atoms with Crippen LogP contribution in [0.15, 0.2) is 48.8 Å². The normalized spacial score (nSPS) is 9.81. The van der Waals surface area contributed by atoms with Gasteiger partial charge in [0.05, 0.1) is 11.9 Å². The summed E-state index contributed by atoms with van der Waals surface area (Å²) < 4.78 is 0. The lowest BCUT2D eigenvalue weighted by molar-refractivity contribution is 1.33. The molecule has 0 aliphatic heterocycles. The fraction of sp³-hybridized carbons (Fsp3) is 0.0769. The molecule has 1 N–H and O–H groups in total. The summed E-state index contributed by atoms with van der Waals surface area (Å²) in [5.74, 6) is 0. The van der Waals surface area contributed by atoms with E-state index in [9.17, 15) is 0 Å². The van der Waals surface area contributed by atoms with Gasteiger partial charge in [-0.1, -0.05) is 42.0 Å². The fourth-order valence-electron chi connectivity index (χ4n) is 1.34. The summed E-state index contributed by atoms with van der Waals surface area (Å²) in [5.41, 5.74) is 3.16. The van der Waals surface area contributed by atoms with Crippen molar-refractivity contribution in [2.45, 2.75) is 6.92 Å². The Balaban J connectivity index is 2.12. The van der Waals surface area contributed by atoms with Crippen LogP contribution in [0, 0.1) is 6.92 Å². The Morgan fingerprint density at radius 3 is 2.56 bits per heavy atom. The first-order chi connectivity index (χ1) is 7.75. The molecule has 0 fully saturated rings. The lowest BCUT2D eigenvalue weighted by Gasteiger charge is -2.07. The van der Waals surface area contributed by atoms with Crippen molar-refractivity contribution in [3.8, 4) is 0 Å². The standard InChI is InChI=1S/C13H12N2S/c1-10-4-6-11(7-5-10)13(16)15-12-3-2-8-14-9-12/h2-9H,1H3,(H,15,16). The zero-order valence-electron chi connectivity index (χ0n) is 8.97. The van der Waals surface area contributed by atoms with Crippen LogP contribution in [0.3, 0.4) is 0 Å². The number of nitrogens with zero attached hydrogens (tertiary/aromatic N) is 1. The molecule has 0 aliphatic carbocycles. The van der Waals surface area contributed by atoms with Crippen molar-refractivity contribution in [1.82, 2.24) is 4.98 Å². The first-order valence-electron chi connectivity index (χ1n) is 5.04. The molecule has 16 heavy (non-hydrogen) atoms. The summed E-state index contributed by atoms with van der Waals surface area (Å²) in [6, 6.07) is 11.9. The number of aromatic nitrogens is 1. The van der Waals surface area contributed by atoms with Gasteiger partial charge in [-0.15, -0.1) is 0 Å². The van der Waals surface area contributed by atoms with Crippen molar-refractivity contribution < 1.29 is 0 Å². The van der Waals surface area contributed by atoms with Gasteiger partial charge in [0.2, 0.25) is 0 Å². The molecule has 1 heterocycles. The third-order valence-corrected chi connectivity index (χ3v) is 2.57. The van der Waals surface area contributed by atoms with Crippen molar-refractivity contribution in [3.05, 3.63) is 59.9 Å². The number of hydrogen-bond acceptors (Lipinski definition) is 2. The highest BCUT2D eigenvalue weighted by molar-refractivity contribution is 7.81. The first kappa shape index (κ1) is 10.8. The van der Waals surface area contributed by atoms with E-state index in [-0.39, 0.29) is 0 Å². The summed E-state index contributed by atoms with van der Waals surface area (Å²) in [6.07, 6.45) is 3.49. The Kier molecular flexibility index (Phi) is 3.27. The van der Waals surface area contributed by atoms with Crippen LogP contribution >= 0.6 is 12.2 Å². The average Bonchev–Trinajstić information content (AvgIpc) is 2.31.